The second-order valence-electron chi connectivity index (χ2n) is 3.77. The molecule has 1 amide bonds. The highest BCUT2D eigenvalue weighted by Crippen LogP contribution is 2.13. The van der Waals surface area contributed by atoms with Gasteiger partial charge in [0, 0.05) is 12.7 Å². The molecule has 1 aliphatic heterocycles. The third-order valence-corrected chi connectivity index (χ3v) is 3.30. The largest absolute Gasteiger partial charge is 0.318 e. The zero-order valence-corrected chi connectivity index (χ0v) is 9.95. The average Bonchev–Trinajstić information content (AvgIpc) is 2.33. The highest BCUT2D eigenvalue weighted by Gasteiger charge is 2.13. The standard InChI is InChI=1S/C13H15NOS/c15-13-11-16-10-9-14(13)8-4-7-12-5-2-1-3-6-12/h1-3,5-6,9-10H,4,7-8,11H2. The Morgan fingerprint density at radius 2 is 2.06 bits per heavy atom. The minimum Gasteiger partial charge on any atom is -0.318 e. The summed E-state index contributed by atoms with van der Waals surface area (Å²) in [5.74, 6) is 0.808. The van der Waals surface area contributed by atoms with Gasteiger partial charge in [-0.05, 0) is 23.8 Å². The molecule has 1 aromatic rings. The van der Waals surface area contributed by atoms with Crippen molar-refractivity contribution < 1.29 is 4.79 Å². The lowest BCUT2D eigenvalue weighted by Crippen LogP contribution is -2.30. The fraction of sp³-hybridized carbons (Fsp3) is 0.308. The third-order valence-electron chi connectivity index (χ3n) is 2.57. The predicted octanol–water partition coefficient (Wildman–Crippen LogP) is 2.67. The summed E-state index contributed by atoms with van der Waals surface area (Å²) in [5.41, 5.74) is 1.34. The molecule has 0 spiro atoms. The number of thioether (sulfide) groups is 1. The van der Waals surface area contributed by atoms with Crippen molar-refractivity contribution in [1.82, 2.24) is 4.90 Å². The Labute approximate surface area is 100 Å². The Morgan fingerprint density at radius 1 is 1.25 bits per heavy atom. The fourth-order valence-corrected chi connectivity index (χ4v) is 2.34. The van der Waals surface area contributed by atoms with Crippen LogP contribution in [0.15, 0.2) is 41.9 Å². The van der Waals surface area contributed by atoms with Crippen molar-refractivity contribution in [2.45, 2.75) is 12.8 Å². The quantitative estimate of drug-likeness (QED) is 0.797. The minimum absolute atomic E-state index is 0.223. The lowest BCUT2D eigenvalue weighted by molar-refractivity contribution is -0.126. The van der Waals surface area contributed by atoms with Crippen LogP contribution in [0.3, 0.4) is 0 Å². The molecule has 3 heteroatoms. The predicted molar refractivity (Wildman–Crippen MR) is 68.1 cm³/mol. The highest BCUT2D eigenvalue weighted by molar-refractivity contribution is 8.02. The number of rotatable bonds is 4. The molecule has 1 aliphatic rings. The fourth-order valence-electron chi connectivity index (χ4n) is 1.70. The molecule has 0 saturated heterocycles. The van der Waals surface area contributed by atoms with Gasteiger partial charge in [0.05, 0.1) is 5.75 Å². The van der Waals surface area contributed by atoms with Gasteiger partial charge in [-0.1, -0.05) is 30.3 Å². The van der Waals surface area contributed by atoms with Gasteiger partial charge in [0.1, 0.15) is 0 Å². The van der Waals surface area contributed by atoms with E-state index in [1.165, 1.54) is 5.56 Å². The van der Waals surface area contributed by atoms with Gasteiger partial charge in [-0.2, -0.15) is 0 Å². The number of benzene rings is 1. The first kappa shape index (κ1) is 11.3. The second-order valence-corrected chi connectivity index (χ2v) is 4.67. The van der Waals surface area contributed by atoms with Crippen LogP contribution in [0.4, 0.5) is 0 Å². The molecule has 2 nitrogen and oxygen atoms in total. The molecule has 0 atom stereocenters. The maximum Gasteiger partial charge on any atom is 0.236 e. The van der Waals surface area contributed by atoms with Crippen LogP contribution >= 0.6 is 11.8 Å². The molecule has 0 aliphatic carbocycles. The lowest BCUT2D eigenvalue weighted by Gasteiger charge is -2.20. The molecule has 0 aromatic heterocycles. The van der Waals surface area contributed by atoms with Gasteiger partial charge in [0.2, 0.25) is 5.91 Å². The van der Waals surface area contributed by atoms with Crippen molar-refractivity contribution in [2.24, 2.45) is 0 Å². The summed E-state index contributed by atoms with van der Waals surface area (Å²) >= 11 is 1.56. The molecule has 0 radical (unpaired) electrons. The molecule has 0 unspecified atom stereocenters. The Kier molecular flexibility index (Phi) is 4.05. The van der Waals surface area contributed by atoms with E-state index < -0.39 is 0 Å². The van der Waals surface area contributed by atoms with Crippen molar-refractivity contribution in [3.8, 4) is 0 Å². The van der Waals surface area contributed by atoms with Crippen LogP contribution in [0.25, 0.3) is 0 Å². The summed E-state index contributed by atoms with van der Waals surface area (Å²) in [6.07, 6.45) is 3.94. The van der Waals surface area contributed by atoms with E-state index in [1.807, 2.05) is 22.6 Å². The monoisotopic (exact) mass is 233 g/mol. The molecule has 84 valence electrons. The summed E-state index contributed by atoms with van der Waals surface area (Å²) in [6.45, 7) is 0.824. The van der Waals surface area contributed by atoms with E-state index in [9.17, 15) is 4.79 Å². The van der Waals surface area contributed by atoms with Crippen molar-refractivity contribution in [3.05, 3.63) is 47.5 Å². The van der Waals surface area contributed by atoms with E-state index in [0.717, 1.165) is 19.4 Å². The molecular weight excluding hydrogens is 218 g/mol. The number of carbonyl (C=O) groups excluding carboxylic acids is 1. The molecular formula is C13H15NOS. The van der Waals surface area contributed by atoms with Gasteiger partial charge in [-0.25, -0.2) is 0 Å². The molecule has 2 rings (SSSR count). The van der Waals surface area contributed by atoms with Crippen LogP contribution in [0.5, 0.6) is 0 Å². The Morgan fingerprint density at radius 3 is 2.81 bits per heavy atom. The highest BCUT2D eigenvalue weighted by atomic mass is 32.2. The van der Waals surface area contributed by atoms with Crippen molar-refractivity contribution in [3.63, 3.8) is 0 Å². The van der Waals surface area contributed by atoms with Crippen LogP contribution in [0.1, 0.15) is 12.0 Å². The summed E-state index contributed by atoms with van der Waals surface area (Å²) in [7, 11) is 0. The van der Waals surface area contributed by atoms with Gasteiger partial charge in [-0.3, -0.25) is 4.79 Å². The zero-order valence-electron chi connectivity index (χ0n) is 9.13. The Bertz CT molecular complexity index is 375. The number of amides is 1. The van der Waals surface area contributed by atoms with E-state index in [0.29, 0.717) is 5.75 Å². The molecule has 0 bridgehead atoms. The van der Waals surface area contributed by atoms with Gasteiger partial charge < -0.3 is 4.90 Å². The summed E-state index contributed by atoms with van der Waals surface area (Å²) in [5, 5.41) is 1.99. The Hall–Kier alpha value is -1.22. The van der Waals surface area contributed by atoms with E-state index in [1.54, 1.807) is 11.8 Å². The molecule has 0 saturated carbocycles. The van der Waals surface area contributed by atoms with Gasteiger partial charge in [0.15, 0.2) is 0 Å². The summed E-state index contributed by atoms with van der Waals surface area (Å²) in [6, 6.07) is 10.4. The van der Waals surface area contributed by atoms with Gasteiger partial charge in [0.25, 0.3) is 0 Å². The first-order valence-electron chi connectivity index (χ1n) is 5.48. The van der Waals surface area contributed by atoms with Crippen LogP contribution in [0, 0.1) is 0 Å². The normalized spacial score (nSPS) is 15.5. The molecule has 1 aromatic carbocycles. The zero-order chi connectivity index (χ0) is 11.2. The van der Waals surface area contributed by atoms with Crippen molar-refractivity contribution in [2.75, 3.05) is 12.3 Å². The maximum atomic E-state index is 11.5. The van der Waals surface area contributed by atoms with Gasteiger partial charge >= 0.3 is 0 Å². The number of hydrogen-bond acceptors (Lipinski definition) is 2. The average molecular weight is 233 g/mol. The van der Waals surface area contributed by atoms with Crippen LogP contribution in [-0.2, 0) is 11.2 Å². The van der Waals surface area contributed by atoms with Crippen LogP contribution in [-0.4, -0.2) is 23.1 Å². The number of carbonyl (C=O) groups is 1. The number of nitrogens with zero attached hydrogens (tertiary/aromatic N) is 1. The molecule has 1 heterocycles. The van der Waals surface area contributed by atoms with Crippen molar-refractivity contribution >= 4 is 17.7 Å². The van der Waals surface area contributed by atoms with Gasteiger partial charge in [-0.15, -0.1) is 11.8 Å². The third kappa shape index (κ3) is 3.14. The maximum absolute atomic E-state index is 11.5. The number of aryl methyl sites for hydroxylation is 1. The van der Waals surface area contributed by atoms with Crippen LogP contribution < -0.4 is 0 Å². The smallest absolute Gasteiger partial charge is 0.236 e. The summed E-state index contributed by atoms with van der Waals surface area (Å²) in [4.78, 5) is 13.3. The first-order valence-corrected chi connectivity index (χ1v) is 6.53. The molecule has 16 heavy (non-hydrogen) atoms. The van der Waals surface area contributed by atoms with E-state index in [-0.39, 0.29) is 5.91 Å². The first-order chi connectivity index (χ1) is 7.86. The SMILES string of the molecule is O=C1CSC=CN1CCCc1ccccc1. The van der Waals surface area contributed by atoms with Crippen molar-refractivity contribution in [1.29, 1.82) is 0 Å². The minimum atomic E-state index is 0.223. The van der Waals surface area contributed by atoms with E-state index in [2.05, 4.69) is 24.3 Å². The van der Waals surface area contributed by atoms with Crippen LogP contribution in [0.2, 0.25) is 0 Å². The van der Waals surface area contributed by atoms with E-state index in [4.69, 9.17) is 0 Å². The summed E-state index contributed by atoms with van der Waals surface area (Å²) < 4.78 is 0. The molecule has 0 N–H and O–H groups in total. The van der Waals surface area contributed by atoms with E-state index >= 15 is 0 Å². The Balaban J connectivity index is 1.78. The number of hydrogen-bond donors (Lipinski definition) is 0. The second kappa shape index (κ2) is 5.75. The topological polar surface area (TPSA) is 20.3 Å². The molecule has 0 fully saturated rings. The lowest BCUT2D eigenvalue weighted by atomic mass is 10.1.